The first-order valence-electron chi connectivity index (χ1n) is 8.11. The van der Waals surface area contributed by atoms with E-state index in [9.17, 15) is 4.79 Å². The van der Waals surface area contributed by atoms with Crippen LogP contribution in [0.3, 0.4) is 0 Å². The molecular weight excluding hydrogens is 290 g/mol. The predicted octanol–water partition coefficient (Wildman–Crippen LogP) is 2.85. The molecule has 3 rings (SSSR count). The van der Waals surface area contributed by atoms with Crippen LogP contribution in [-0.4, -0.2) is 34.9 Å². The maximum absolute atomic E-state index is 12.8. The van der Waals surface area contributed by atoms with Gasteiger partial charge in [0.1, 0.15) is 0 Å². The summed E-state index contributed by atoms with van der Waals surface area (Å²) in [6.45, 7) is 5.52. The molecule has 122 valence electrons. The van der Waals surface area contributed by atoms with Crippen LogP contribution >= 0.6 is 0 Å². The Balaban J connectivity index is 1.77. The molecule has 2 aromatic rings. The molecule has 1 atom stereocenters. The normalized spacial score (nSPS) is 17.3. The molecule has 5 heteroatoms. The maximum Gasteiger partial charge on any atom is 0.276 e. The van der Waals surface area contributed by atoms with Gasteiger partial charge in [-0.1, -0.05) is 29.8 Å². The van der Waals surface area contributed by atoms with E-state index in [0.717, 1.165) is 31.5 Å². The van der Waals surface area contributed by atoms with Gasteiger partial charge in [0.15, 0.2) is 17.8 Å². The molecule has 1 unspecified atom stereocenters. The summed E-state index contributed by atoms with van der Waals surface area (Å²) in [5.41, 5.74) is 8.40. The van der Waals surface area contributed by atoms with Crippen molar-refractivity contribution >= 4 is 5.91 Å². The van der Waals surface area contributed by atoms with Gasteiger partial charge in [-0.25, -0.2) is 4.98 Å². The lowest BCUT2D eigenvalue weighted by Gasteiger charge is -2.33. The van der Waals surface area contributed by atoms with Crippen molar-refractivity contribution in [3.05, 3.63) is 41.9 Å². The lowest BCUT2D eigenvalue weighted by atomic mass is 9.91. The van der Waals surface area contributed by atoms with Crippen molar-refractivity contribution in [2.24, 2.45) is 11.7 Å². The van der Waals surface area contributed by atoms with Gasteiger partial charge in [-0.2, -0.15) is 0 Å². The van der Waals surface area contributed by atoms with Gasteiger partial charge in [0, 0.05) is 24.7 Å². The van der Waals surface area contributed by atoms with Gasteiger partial charge >= 0.3 is 0 Å². The molecule has 2 heterocycles. The van der Waals surface area contributed by atoms with Crippen LogP contribution in [0.1, 0.15) is 35.8 Å². The van der Waals surface area contributed by atoms with Gasteiger partial charge in [0.05, 0.1) is 0 Å². The van der Waals surface area contributed by atoms with Crippen LogP contribution in [0.25, 0.3) is 11.3 Å². The predicted molar refractivity (Wildman–Crippen MR) is 89.0 cm³/mol. The average molecular weight is 313 g/mol. The number of amides is 1. The lowest BCUT2D eigenvalue weighted by molar-refractivity contribution is 0.0676. The molecule has 23 heavy (non-hydrogen) atoms. The first kappa shape index (κ1) is 15.7. The highest BCUT2D eigenvalue weighted by molar-refractivity contribution is 5.97. The Labute approximate surface area is 136 Å². The number of nitrogens with zero attached hydrogens (tertiary/aromatic N) is 2. The Morgan fingerprint density at radius 3 is 2.57 bits per heavy atom. The van der Waals surface area contributed by atoms with Crippen LogP contribution in [0, 0.1) is 12.8 Å². The summed E-state index contributed by atoms with van der Waals surface area (Å²) in [5.74, 6) is 0.981. The number of likely N-dealkylation sites (tertiary alicyclic amines) is 1. The fourth-order valence-corrected chi connectivity index (χ4v) is 3.09. The Morgan fingerprint density at radius 2 is 1.96 bits per heavy atom. The van der Waals surface area contributed by atoms with Crippen molar-refractivity contribution in [1.82, 2.24) is 9.88 Å². The second-order valence-corrected chi connectivity index (χ2v) is 6.38. The molecule has 0 aliphatic carbocycles. The van der Waals surface area contributed by atoms with Crippen LogP contribution < -0.4 is 5.73 Å². The van der Waals surface area contributed by atoms with Gasteiger partial charge in [-0.3, -0.25) is 4.79 Å². The number of nitrogens with two attached hydrogens (primary N) is 1. The van der Waals surface area contributed by atoms with Gasteiger partial charge in [-0.05, 0) is 32.6 Å². The van der Waals surface area contributed by atoms with Crippen LogP contribution in [-0.2, 0) is 0 Å². The third-order valence-electron chi connectivity index (χ3n) is 4.65. The van der Waals surface area contributed by atoms with E-state index < -0.39 is 0 Å². The molecule has 1 aromatic heterocycles. The number of hydrogen-bond acceptors (Lipinski definition) is 4. The minimum absolute atomic E-state index is 0.0579. The lowest BCUT2D eigenvalue weighted by Crippen LogP contribution is -2.42. The summed E-state index contributed by atoms with van der Waals surface area (Å²) >= 11 is 0. The van der Waals surface area contributed by atoms with Crippen LogP contribution in [0.15, 0.2) is 35.1 Å². The Bertz CT molecular complexity index is 668. The van der Waals surface area contributed by atoms with Crippen molar-refractivity contribution in [3.63, 3.8) is 0 Å². The molecule has 1 amide bonds. The van der Waals surface area contributed by atoms with E-state index in [-0.39, 0.29) is 11.9 Å². The summed E-state index contributed by atoms with van der Waals surface area (Å²) in [6, 6.07) is 8.09. The molecule has 2 N–H and O–H groups in total. The summed E-state index contributed by atoms with van der Waals surface area (Å²) < 4.78 is 5.48. The first-order chi connectivity index (χ1) is 11.1. The van der Waals surface area contributed by atoms with Crippen molar-refractivity contribution in [1.29, 1.82) is 0 Å². The molecule has 1 fully saturated rings. The highest BCUT2D eigenvalue weighted by atomic mass is 16.3. The van der Waals surface area contributed by atoms with E-state index >= 15 is 0 Å². The standard InChI is InChI=1S/C18H23N3O2/c1-12-3-5-15(6-4-12)17-16(20-11-23-17)18(22)21-9-7-14(8-10-21)13(2)19/h3-6,11,13-14H,7-10,19H2,1-2H3. The minimum atomic E-state index is -0.0579. The SMILES string of the molecule is Cc1ccc(-c2ocnc2C(=O)N2CCC(C(C)N)CC2)cc1. The number of piperidine rings is 1. The van der Waals surface area contributed by atoms with E-state index in [2.05, 4.69) is 4.98 Å². The molecule has 0 bridgehead atoms. The summed E-state index contributed by atoms with van der Waals surface area (Å²) in [6.07, 6.45) is 3.24. The number of aryl methyl sites for hydroxylation is 1. The summed E-state index contributed by atoms with van der Waals surface area (Å²) in [5, 5.41) is 0. The maximum atomic E-state index is 12.8. The molecule has 0 spiro atoms. The summed E-state index contributed by atoms with van der Waals surface area (Å²) in [4.78, 5) is 18.8. The first-order valence-corrected chi connectivity index (χ1v) is 8.11. The molecular formula is C18H23N3O2. The Hall–Kier alpha value is -2.14. The van der Waals surface area contributed by atoms with Crippen molar-refractivity contribution in [2.45, 2.75) is 32.7 Å². The number of hydrogen-bond donors (Lipinski definition) is 1. The number of carbonyl (C=O) groups excluding carboxylic acids is 1. The summed E-state index contributed by atoms with van der Waals surface area (Å²) in [7, 11) is 0. The third kappa shape index (κ3) is 3.29. The van der Waals surface area contributed by atoms with Gasteiger partial charge in [-0.15, -0.1) is 0 Å². The van der Waals surface area contributed by atoms with Gasteiger partial charge in [0.25, 0.3) is 5.91 Å². The largest absolute Gasteiger partial charge is 0.443 e. The zero-order valence-corrected chi connectivity index (χ0v) is 13.7. The zero-order chi connectivity index (χ0) is 16.4. The number of carbonyl (C=O) groups is 1. The topological polar surface area (TPSA) is 72.4 Å². The zero-order valence-electron chi connectivity index (χ0n) is 13.7. The molecule has 5 nitrogen and oxygen atoms in total. The quantitative estimate of drug-likeness (QED) is 0.945. The number of rotatable bonds is 3. The highest BCUT2D eigenvalue weighted by Crippen LogP contribution is 2.26. The second kappa shape index (κ2) is 6.54. The van der Waals surface area contributed by atoms with Crippen LogP contribution in [0.4, 0.5) is 0 Å². The molecule has 1 saturated heterocycles. The number of benzene rings is 1. The molecule has 0 saturated carbocycles. The van der Waals surface area contributed by atoms with E-state index in [0.29, 0.717) is 17.4 Å². The number of aromatic nitrogens is 1. The molecule has 0 radical (unpaired) electrons. The van der Waals surface area contributed by atoms with E-state index in [1.54, 1.807) is 0 Å². The fraction of sp³-hybridized carbons (Fsp3) is 0.444. The van der Waals surface area contributed by atoms with Crippen molar-refractivity contribution in [2.75, 3.05) is 13.1 Å². The average Bonchev–Trinajstić information content (AvgIpc) is 3.04. The van der Waals surface area contributed by atoms with Crippen LogP contribution in [0.2, 0.25) is 0 Å². The van der Waals surface area contributed by atoms with E-state index in [1.807, 2.05) is 43.0 Å². The smallest absolute Gasteiger partial charge is 0.276 e. The third-order valence-corrected chi connectivity index (χ3v) is 4.65. The Kier molecular flexibility index (Phi) is 4.48. The van der Waals surface area contributed by atoms with Gasteiger partial charge < -0.3 is 15.1 Å². The monoisotopic (exact) mass is 313 g/mol. The van der Waals surface area contributed by atoms with E-state index in [4.69, 9.17) is 10.2 Å². The molecule has 1 aromatic carbocycles. The van der Waals surface area contributed by atoms with Crippen LogP contribution in [0.5, 0.6) is 0 Å². The van der Waals surface area contributed by atoms with E-state index in [1.165, 1.54) is 12.0 Å². The molecule has 1 aliphatic heterocycles. The van der Waals surface area contributed by atoms with Gasteiger partial charge in [0.2, 0.25) is 0 Å². The van der Waals surface area contributed by atoms with Crippen molar-refractivity contribution in [3.8, 4) is 11.3 Å². The second-order valence-electron chi connectivity index (χ2n) is 6.38. The minimum Gasteiger partial charge on any atom is -0.443 e. The highest BCUT2D eigenvalue weighted by Gasteiger charge is 2.28. The molecule has 1 aliphatic rings. The number of oxazole rings is 1. The fourth-order valence-electron chi connectivity index (χ4n) is 3.09. The Morgan fingerprint density at radius 1 is 1.30 bits per heavy atom. The van der Waals surface area contributed by atoms with Crippen molar-refractivity contribution < 1.29 is 9.21 Å².